The fraction of sp³-hybridized carbons (Fsp3) is 0.600. The Morgan fingerprint density at radius 3 is 1.39 bits per heavy atom. The summed E-state index contributed by atoms with van der Waals surface area (Å²) in [6.07, 6.45) is 7.93. The maximum atomic E-state index is 13.8. The Morgan fingerprint density at radius 1 is 0.591 bits per heavy atom. The van der Waals surface area contributed by atoms with Gasteiger partial charge in [-0.1, -0.05) is 51.9 Å². The highest BCUT2D eigenvalue weighted by Crippen LogP contribution is 2.43. The van der Waals surface area contributed by atoms with Crippen molar-refractivity contribution < 1.29 is 32.3 Å². The number of carbonyl (C=O) groups is 4. The smallest absolute Gasteiger partial charge is 0.271 e. The van der Waals surface area contributed by atoms with E-state index in [4.69, 9.17) is 0 Å². The number of alkyl halides is 3. The summed E-state index contributed by atoms with van der Waals surface area (Å²) in [5, 5.41) is 0.643. The average Bonchev–Trinajstić information content (AvgIpc) is 3.01. The van der Waals surface area contributed by atoms with Crippen molar-refractivity contribution in [3.05, 3.63) is 46.5 Å². The first-order chi connectivity index (χ1) is 21.1. The first-order valence-electron chi connectivity index (χ1n) is 16.5. The van der Waals surface area contributed by atoms with E-state index in [-0.39, 0.29) is 42.9 Å². The molecule has 2 aromatic carbocycles. The minimum atomic E-state index is -4.29. The van der Waals surface area contributed by atoms with Crippen LogP contribution in [0.15, 0.2) is 24.3 Å². The molecule has 2 aliphatic carbocycles. The SMILES string of the molecule is CCCCCCCCC1CCC(N2C(=O)c3ccc4c5c(ccc(c35)C2=O)C(=O)N(C2CCC(C(F)(F)F)CC2)C4=O)CC1. The number of hydrogen-bond acceptors (Lipinski definition) is 4. The van der Waals surface area contributed by atoms with E-state index in [1.54, 1.807) is 12.1 Å². The molecule has 0 spiro atoms. The molecule has 0 N–H and O–H groups in total. The molecule has 2 heterocycles. The van der Waals surface area contributed by atoms with Crippen molar-refractivity contribution in [2.45, 2.75) is 121 Å². The summed E-state index contributed by atoms with van der Waals surface area (Å²) in [4.78, 5) is 57.5. The van der Waals surface area contributed by atoms with Crippen LogP contribution < -0.4 is 0 Å². The quantitative estimate of drug-likeness (QED) is 0.211. The first kappa shape index (κ1) is 30.8. The zero-order valence-electron chi connectivity index (χ0n) is 25.4. The highest BCUT2D eigenvalue weighted by molar-refractivity contribution is 6.33. The molecular formula is C35H41F3N2O4. The van der Waals surface area contributed by atoms with Gasteiger partial charge in [-0.2, -0.15) is 13.2 Å². The van der Waals surface area contributed by atoms with Gasteiger partial charge < -0.3 is 0 Å². The minimum Gasteiger partial charge on any atom is -0.271 e. The molecule has 6 nitrogen and oxygen atoms in total. The lowest BCUT2D eigenvalue weighted by atomic mass is 9.80. The second-order valence-electron chi connectivity index (χ2n) is 13.3. The van der Waals surface area contributed by atoms with Crippen LogP contribution in [0.3, 0.4) is 0 Å². The highest BCUT2D eigenvalue weighted by atomic mass is 19.4. The van der Waals surface area contributed by atoms with Crippen molar-refractivity contribution in [2.75, 3.05) is 0 Å². The van der Waals surface area contributed by atoms with Gasteiger partial charge in [-0.05, 0) is 81.5 Å². The molecule has 9 heteroatoms. The van der Waals surface area contributed by atoms with Gasteiger partial charge in [0.25, 0.3) is 23.6 Å². The van der Waals surface area contributed by atoms with E-state index in [2.05, 4.69) is 6.92 Å². The fourth-order valence-corrected chi connectivity index (χ4v) is 8.14. The van der Waals surface area contributed by atoms with Gasteiger partial charge in [0.05, 0.1) is 5.92 Å². The van der Waals surface area contributed by atoms with Gasteiger partial charge in [-0.25, -0.2) is 0 Å². The molecule has 2 aromatic rings. The molecule has 4 amide bonds. The number of unbranched alkanes of at least 4 members (excludes halogenated alkanes) is 5. The van der Waals surface area contributed by atoms with E-state index in [9.17, 15) is 32.3 Å². The zero-order chi connectivity index (χ0) is 31.2. The van der Waals surface area contributed by atoms with Gasteiger partial charge in [-0.15, -0.1) is 0 Å². The van der Waals surface area contributed by atoms with Crippen molar-refractivity contribution >= 4 is 34.4 Å². The van der Waals surface area contributed by atoms with Crippen molar-refractivity contribution in [2.24, 2.45) is 11.8 Å². The van der Waals surface area contributed by atoms with Gasteiger partial charge in [0.2, 0.25) is 0 Å². The molecule has 2 saturated carbocycles. The topological polar surface area (TPSA) is 74.8 Å². The van der Waals surface area contributed by atoms with Gasteiger partial charge in [0.1, 0.15) is 0 Å². The van der Waals surface area contributed by atoms with Crippen LogP contribution in [0.1, 0.15) is 145 Å². The summed E-state index contributed by atoms with van der Waals surface area (Å²) in [5.74, 6) is -2.74. The van der Waals surface area contributed by atoms with Crippen LogP contribution >= 0.6 is 0 Å². The van der Waals surface area contributed by atoms with Crippen LogP contribution in [0, 0.1) is 11.8 Å². The van der Waals surface area contributed by atoms with Gasteiger partial charge in [-0.3, -0.25) is 29.0 Å². The Morgan fingerprint density at radius 2 is 0.977 bits per heavy atom. The summed E-state index contributed by atoms with van der Waals surface area (Å²) in [5.41, 5.74) is 1.05. The molecular weight excluding hydrogens is 569 g/mol. The second kappa shape index (κ2) is 12.3. The predicted molar refractivity (Wildman–Crippen MR) is 160 cm³/mol. The lowest BCUT2D eigenvalue weighted by Gasteiger charge is -2.40. The Bertz CT molecular complexity index is 1400. The average molecular weight is 611 g/mol. The molecule has 44 heavy (non-hydrogen) atoms. The van der Waals surface area contributed by atoms with Gasteiger partial charge in [0, 0.05) is 45.1 Å². The second-order valence-corrected chi connectivity index (χ2v) is 13.3. The number of amides is 4. The summed E-state index contributed by atoms with van der Waals surface area (Å²) in [7, 11) is 0. The minimum absolute atomic E-state index is 0.0867. The maximum Gasteiger partial charge on any atom is 0.391 e. The van der Waals surface area contributed by atoms with Crippen molar-refractivity contribution in [1.29, 1.82) is 0 Å². The summed E-state index contributed by atoms with van der Waals surface area (Å²) in [6.45, 7) is 2.22. The van der Waals surface area contributed by atoms with Crippen LogP contribution in [0.25, 0.3) is 10.8 Å². The van der Waals surface area contributed by atoms with E-state index in [0.29, 0.717) is 27.8 Å². The third kappa shape index (κ3) is 5.45. The Kier molecular flexibility index (Phi) is 8.59. The maximum absolute atomic E-state index is 13.8. The first-order valence-corrected chi connectivity index (χ1v) is 16.5. The number of hydrogen-bond donors (Lipinski definition) is 0. The van der Waals surface area contributed by atoms with Crippen LogP contribution in [0.2, 0.25) is 0 Å². The van der Waals surface area contributed by atoms with Crippen LogP contribution in [0.4, 0.5) is 13.2 Å². The van der Waals surface area contributed by atoms with E-state index in [0.717, 1.165) is 30.6 Å². The number of nitrogens with zero attached hydrogens (tertiary/aromatic N) is 2. The monoisotopic (exact) mass is 610 g/mol. The Balaban J connectivity index is 1.18. The highest BCUT2D eigenvalue weighted by Gasteiger charge is 2.47. The molecule has 2 fully saturated rings. The standard InChI is InChI=1S/C35H41F3N2O4/c1-2-3-4-5-6-7-8-21-9-13-23(14-10-21)39-31(41)25-17-19-27-30-28(20-18-26(29(25)30)32(39)42)34(44)40(33(27)43)24-15-11-22(12-16-24)35(36,37)38/h17-24H,2-16H2,1H3. The molecule has 2 aliphatic heterocycles. The molecule has 0 aromatic heterocycles. The number of rotatable bonds is 9. The summed E-state index contributed by atoms with van der Waals surface area (Å²) >= 11 is 0. The van der Waals surface area contributed by atoms with E-state index < -0.39 is 41.8 Å². The normalized spacial score (nSPS) is 25.7. The van der Waals surface area contributed by atoms with Crippen LogP contribution in [-0.2, 0) is 0 Å². The number of carbonyl (C=O) groups excluding carboxylic acids is 4. The molecule has 0 bridgehead atoms. The van der Waals surface area contributed by atoms with Crippen molar-refractivity contribution in [1.82, 2.24) is 9.80 Å². The molecule has 0 atom stereocenters. The molecule has 236 valence electrons. The predicted octanol–water partition coefficient (Wildman–Crippen LogP) is 8.46. The Labute approximate surface area is 256 Å². The zero-order valence-corrected chi connectivity index (χ0v) is 25.4. The van der Waals surface area contributed by atoms with E-state index >= 15 is 0 Å². The fourth-order valence-electron chi connectivity index (χ4n) is 8.14. The molecule has 0 saturated heterocycles. The number of benzene rings is 2. The van der Waals surface area contributed by atoms with E-state index in [1.165, 1.54) is 62.0 Å². The molecule has 0 unspecified atom stereocenters. The van der Waals surface area contributed by atoms with E-state index in [1.807, 2.05) is 0 Å². The third-order valence-corrected chi connectivity index (χ3v) is 10.6. The lowest BCUT2D eigenvalue weighted by molar-refractivity contribution is -0.183. The van der Waals surface area contributed by atoms with Crippen LogP contribution in [0.5, 0.6) is 0 Å². The molecule has 6 rings (SSSR count). The molecule has 4 aliphatic rings. The van der Waals surface area contributed by atoms with Gasteiger partial charge in [0.15, 0.2) is 0 Å². The van der Waals surface area contributed by atoms with Crippen molar-refractivity contribution in [3.8, 4) is 0 Å². The number of imide groups is 2. The summed E-state index contributed by atoms with van der Waals surface area (Å²) in [6, 6.07) is 5.41. The third-order valence-electron chi connectivity index (χ3n) is 10.6. The van der Waals surface area contributed by atoms with Crippen molar-refractivity contribution in [3.63, 3.8) is 0 Å². The van der Waals surface area contributed by atoms with Crippen LogP contribution in [-0.4, -0.2) is 51.7 Å². The largest absolute Gasteiger partial charge is 0.391 e. The Hall–Kier alpha value is -3.23. The summed E-state index contributed by atoms with van der Waals surface area (Å²) < 4.78 is 39.7. The van der Waals surface area contributed by atoms with Gasteiger partial charge >= 0.3 is 6.18 Å². The lowest BCUT2D eigenvalue weighted by Crippen LogP contribution is -2.50. The molecule has 0 radical (unpaired) electrons. The number of halogens is 3.